The Morgan fingerprint density at radius 1 is 1.42 bits per heavy atom. The second-order valence-electron chi connectivity index (χ2n) is 5.64. The summed E-state index contributed by atoms with van der Waals surface area (Å²) in [6.45, 7) is 4.58. The predicted molar refractivity (Wildman–Crippen MR) is 89.3 cm³/mol. The minimum Gasteiger partial charge on any atom is -0.378 e. The van der Waals surface area contributed by atoms with Crippen molar-refractivity contribution >= 4 is 22.9 Å². The molecule has 0 unspecified atom stereocenters. The number of rotatable bonds is 4. The minimum atomic E-state index is -0.0324. The Labute approximate surface area is 143 Å². The van der Waals surface area contributed by atoms with Crippen molar-refractivity contribution in [2.24, 2.45) is 0 Å². The zero-order valence-corrected chi connectivity index (χ0v) is 14.4. The molecule has 0 N–H and O–H groups in total. The molecule has 4 rings (SSSR count). The number of hydrogen-bond acceptors (Lipinski definition) is 8. The number of methoxy groups -OCH3 is 1. The molecule has 0 radical (unpaired) electrons. The van der Waals surface area contributed by atoms with Gasteiger partial charge >= 0.3 is 0 Å². The van der Waals surface area contributed by atoms with Crippen LogP contribution < -0.4 is 4.90 Å². The standard InChI is InChI=1S/C15H18N6O2S/c1-10-8-24-14(18-10)12-6-20(3-4-23-12)13-5-11(7-22-2)19-15-16-9-17-21(13)15/h5,8-9,12H,3-4,6-7H2,1-2H3/t12-/m0/s1. The molecule has 8 nitrogen and oxygen atoms in total. The number of fused-ring (bicyclic) bond motifs is 1. The van der Waals surface area contributed by atoms with E-state index in [0.29, 0.717) is 19.0 Å². The van der Waals surface area contributed by atoms with Crippen LogP contribution >= 0.6 is 11.3 Å². The topological polar surface area (TPSA) is 77.7 Å². The van der Waals surface area contributed by atoms with Crippen molar-refractivity contribution in [2.45, 2.75) is 19.6 Å². The number of morpholine rings is 1. The molecule has 0 aromatic carbocycles. The van der Waals surface area contributed by atoms with Gasteiger partial charge in [0.15, 0.2) is 0 Å². The molecule has 126 valence electrons. The number of hydrogen-bond donors (Lipinski definition) is 0. The monoisotopic (exact) mass is 346 g/mol. The van der Waals surface area contributed by atoms with Gasteiger partial charge in [0.1, 0.15) is 23.3 Å². The van der Waals surface area contributed by atoms with Gasteiger partial charge in [0, 0.05) is 30.8 Å². The lowest BCUT2D eigenvalue weighted by molar-refractivity contribution is 0.0391. The molecule has 1 fully saturated rings. The van der Waals surface area contributed by atoms with Crippen LogP contribution in [0.15, 0.2) is 17.8 Å². The maximum atomic E-state index is 5.92. The van der Waals surface area contributed by atoms with E-state index in [-0.39, 0.29) is 6.10 Å². The van der Waals surface area contributed by atoms with Crippen molar-refractivity contribution in [3.63, 3.8) is 0 Å². The largest absolute Gasteiger partial charge is 0.378 e. The van der Waals surface area contributed by atoms with Gasteiger partial charge in [-0.1, -0.05) is 0 Å². The highest BCUT2D eigenvalue weighted by Crippen LogP contribution is 2.28. The third kappa shape index (κ3) is 2.85. The molecule has 0 aliphatic carbocycles. The van der Waals surface area contributed by atoms with Crippen LogP contribution in [0.5, 0.6) is 0 Å². The van der Waals surface area contributed by atoms with Gasteiger partial charge in [-0.05, 0) is 6.92 Å². The van der Waals surface area contributed by atoms with Crippen molar-refractivity contribution in [1.82, 2.24) is 24.6 Å². The van der Waals surface area contributed by atoms with Gasteiger partial charge in [0.2, 0.25) is 0 Å². The average Bonchev–Trinajstić information content (AvgIpc) is 3.23. The molecule has 1 aliphatic heterocycles. The average molecular weight is 346 g/mol. The second kappa shape index (κ2) is 6.42. The lowest BCUT2D eigenvalue weighted by atomic mass is 10.2. The van der Waals surface area contributed by atoms with Gasteiger partial charge in [0.05, 0.1) is 25.5 Å². The Balaban J connectivity index is 1.67. The molecule has 9 heteroatoms. The first-order valence-electron chi connectivity index (χ1n) is 7.72. The molecule has 0 spiro atoms. The van der Waals surface area contributed by atoms with E-state index in [9.17, 15) is 0 Å². The van der Waals surface area contributed by atoms with Gasteiger partial charge in [0.25, 0.3) is 5.78 Å². The molecule has 0 saturated carbocycles. The van der Waals surface area contributed by atoms with Crippen LogP contribution in [-0.2, 0) is 16.1 Å². The van der Waals surface area contributed by atoms with Crippen LogP contribution in [0.1, 0.15) is 22.5 Å². The summed E-state index contributed by atoms with van der Waals surface area (Å²) in [5.41, 5.74) is 1.86. The van der Waals surface area contributed by atoms with Crippen molar-refractivity contribution < 1.29 is 9.47 Å². The van der Waals surface area contributed by atoms with Crippen molar-refractivity contribution in [1.29, 1.82) is 0 Å². The second-order valence-corrected chi connectivity index (χ2v) is 6.53. The van der Waals surface area contributed by atoms with E-state index in [1.807, 2.05) is 13.0 Å². The van der Waals surface area contributed by atoms with Crippen LogP contribution in [0.3, 0.4) is 0 Å². The normalized spacial score (nSPS) is 18.4. The summed E-state index contributed by atoms with van der Waals surface area (Å²) in [5, 5.41) is 7.37. The fourth-order valence-corrected chi connectivity index (χ4v) is 3.65. The van der Waals surface area contributed by atoms with Gasteiger partial charge in [-0.3, -0.25) is 0 Å². The summed E-state index contributed by atoms with van der Waals surface area (Å²) in [6, 6.07) is 2.00. The molecule has 4 heterocycles. The first kappa shape index (κ1) is 15.4. The van der Waals surface area contributed by atoms with Crippen LogP contribution in [-0.4, -0.2) is 51.4 Å². The van der Waals surface area contributed by atoms with E-state index in [1.54, 1.807) is 23.0 Å². The summed E-state index contributed by atoms with van der Waals surface area (Å²) in [7, 11) is 1.66. The van der Waals surface area contributed by atoms with Crippen molar-refractivity contribution in [2.75, 3.05) is 31.7 Å². The van der Waals surface area contributed by atoms with Crippen molar-refractivity contribution in [3.8, 4) is 0 Å². The van der Waals surface area contributed by atoms with E-state index < -0.39 is 0 Å². The zero-order chi connectivity index (χ0) is 16.5. The summed E-state index contributed by atoms with van der Waals surface area (Å²) in [6.07, 6.45) is 1.49. The fourth-order valence-electron chi connectivity index (χ4n) is 2.82. The lowest BCUT2D eigenvalue weighted by Gasteiger charge is -2.33. The molecule has 1 aliphatic rings. The van der Waals surface area contributed by atoms with Crippen LogP contribution in [0, 0.1) is 6.92 Å². The smallest absolute Gasteiger partial charge is 0.254 e. The molecule has 3 aromatic heterocycles. The lowest BCUT2D eigenvalue weighted by Crippen LogP contribution is -2.39. The van der Waals surface area contributed by atoms with E-state index in [4.69, 9.17) is 9.47 Å². The number of thiazole rings is 1. The maximum Gasteiger partial charge on any atom is 0.254 e. The molecule has 0 amide bonds. The van der Waals surface area contributed by atoms with Gasteiger partial charge in [-0.15, -0.1) is 11.3 Å². The van der Waals surface area contributed by atoms with E-state index in [0.717, 1.165) is 35.3 Å². The predicted octanol–water partition coefficient (Wildman–Crippen LogP) is 1.61. The third-order valence-electron chi connectivity index (χ3n) is 3.88. The molecule has 1 atom stereocenters. The highest BCUT2D eigenvalue weighted by atomic mass is 32.1. The molecule has 0 bridgehead atoms. The number of anilines is 1. The molecule has 24 heavy (non-hydrogen) atoms. The number of aromatic nitrogens is 5. The van der Waals surface area contributed by atoms with Crippen LogP contribution in [0.4, 0.5) is 5.82 Å². The third-order valence-corrected chi connectivity index (χ3v) is 4.94. The van der Waals surface area contributed by atoms with Crippen molar-refractivity contribution in [3.05, 3.63) is 34.2 Å². The highest BCUT2D eigenvalue weighted by molar-refractivity contribution is 7.09. The Morgan fingerprint density at radius 3 is 3.12 bits per heavy atom. The highest BCUT2D eigenvalue weighted by Gasteiger charge is 2.26. The summed E-state index contributed by atoms with van der Waals surface area (Å²) >= 11 is 1.64. The Morgan fingerprint density at radius 2 is 2.33 bits per heavy atom. The summed E-state index contributed by atoms with van der Waals surface area (Å²) in [5.74, 6) is 1.53. The Bertz CT molecular complexity index is 847. The first-order chi connectivity index (χ1) is 11.7. The summed E-state index contributed by atoms with van der Waals surface area (Å²) in [4.78, 5) is 15.5. The molecule has 3 aromatic rings. The van der Waals surface area contributed by atoms with Crippen LogP contribution in [0.2, 0.25) is 0 Å². The SMILES string of the molecule is COCc1cc(N2CCO[C@H](c3nc(C)cs3)C2)n2ncnc2n1. The number of ether oxygens (including phenoxy) is 2. The number of aryl methyl sites for hydroxylation is 1. The molecule has 1 saturated heterocycles. The van der Waals surface area contributed by atoms with E-state index in [2.05, 4.69) is 30.3 Å². The summed E-state index contributed by atoms with van der Waals surface area (Å²) < 4.78 is 12.9. The van der Waals surface area contributed by atoms with Gasteiger partial charge in [-0.25, -0.2) is 9.97 Å². The first-order valence-corrected chi connectivity index (χ1v) is 8.59. The fraction of sp³-hybridized carbons (Fsp3) is 0.467. The Kier molecular flexibility index (Phi) is 4.13. The number of nitrogens with zero attached hydrogens (tertiary/aromatic N) is 6. The zero-order valence-electron chi connectivity index (χ0n) is 13.5. The van der Waals surface area contributed by atoms with Crippen LogP contribution in [0.25, 0.3) is 5.78 Å². The van der Waals surface area contributed by atoms with E-state index in [1.165, 1.54) is 6.33 Å². The van der Waals surface area contributed by atoms with E-state index >= 15 is 0 Å². The maximum absolute atomic E-state index is 5.92. The molecular weight excluding hydrogens is 328 g/mol. The minimum absolute atomic E-state index is 0.0324. The Hall–Kier alpha value is -2.10. The quantitative estimate of drug-likeness (QED) is 0.710. The van der Waals surface area contributed by atoms with Gasteiger partial charge < -0.3 is 14.4 Å². The molecular formula is C15H18N6O2S. The van der Waals surface area contributed by atoms with Gasteiger partial charge in [-0.2, -0.15) is 14.6 Å².